The number of nitrogens with zero attached hydrogens (tertiary/aromatic N) is 4. The molecule has 0 spiro atoms. The largest absolute Gasteiger partial charge is 0.467 e. The Balaban J connectivity index is 1.63. The monoisotopic (exact) mass is 358 g/mol. The number of ether oxygens (including phenoxy) is 1. The van der Waals surface area contributed by atoms with Gasteiger partial charge < -0.3 is 14.1 Å². The van der Waals surface area contributed by atoms with Crippen molar-refractivity contribution < 1.29 is 13.9 Å². The van der Waals surface area contributed by atoms with Crippen LogP contribution in [-0.4, -0.2) is 54.1 Å². The Labute approximate surface area is 154 Å². The van der Waals surface area contributed by atoms with E-state index in [1.165, 1.54) is 13.4 Å². The Kier molecular flexibility index (Phi) is 5.56. The Morgan fingerprint density at radius 2 is 2.00 bits per heavy atom. The van der Waals surface area contributed by atoms with Gasteiger partial charge in [-0.2, -0.15) is 0 Å². The van der Waals surface area contributed by atoms with Crippen molar-refractivity contribution in [3.63, 3.8) is 0 Å². The van der Waals surface area contributed by atoms with Crippen molar-refractivity contribution in [1.82, 2.24) is 14.9 Å². The molecule has 3 rings (SSSR count). The van der Waals surface area contributed by atoms with Gasteiger partial charge in [-0.25, -0.2) is 14.8 Å². The third-order valence-corrected chi connectivity index (χ3v) is 4.59. The topological polar surface area (TPSA) is 71.7 Å². The van der Waals surface area contributed by atoms with E-state index in [4.69, 9.17) is 14.1 Å². The van der Waals surface area contributed by atoms with Crippen molar-refractivity contribution in [2.45, 2.75) is 33.2 Å². The van der Waals surface area contributed by atoms with Gasteiger partial charge in [-0.05, 0) is 13.0 Å². The number of furan rings is 1. The van der Waals surface area contributed by atoms with Crippen LogP contribution < -0.4 is 4.90 Å². The molecular weight excluding hydrogens is 332 g/mol. The lowest BCUT2D eigenvalue weighted by molar-refractivity contribution is 0.0596. The predicted octanol–water partition coefficient (Wildman–Crippen LogP) is 2.61. The van der Waals surface area contributed by atoms with Crippen molar-refractivity contribution in [2.75, 3.05) is 38.2 Å². The van der Waals surface area contributed by atoms with Crippen LogP contribution in [0.4, 0.5) is 5.82 Å². The molecule has 0 unspecified atom stereocenters. The van der Waals surface area contributed by atoms with Gasteiger partial charge in [0.25, 0.3) is 0 Å². The van der Waals surface area contributed by atoms with Crippen LogP contribution in [0.3, 0.4) is 0 Å². The molecule has 2 aromatic heterocycles. The van der Waals surface area contributed by atoms with E-state index in [2.05, 4.69) is 28.6 Å². The molecule has 0 bridgehead atoms. The molecule has 0 aliphatic carbocycles. The van der Waals surface area contributed by atoms with Crippen LogP contribution in [0.5, 0.6) is 0 Å². The van der Waals surface area contributed by atoms with Crippen molar-refractivity contribution >= 4 is 11.8 Å². The summed E-state index contributed by atoms with van der Waals surface area (Å²) in [4.78, 5) is 25.6. The fraction of sp³-hybridized carbons (Fsp3) is 0.526. The summed E-state index contributed by atoms with van der Waals surface area (Å²) in [5, 5.41) is 0. The standard InChI is InChI=1S/C19H26N4O3/c1-13(2)18-20-14(3)11-17(21-18)23-8-6-22(7-9-23)12-16-15(5-10-26-16)19(24)25-4/h5,10-11,13H,6-9,12H2,1-4H3. The van der Waals surface area contributed by atoms with E-state index in [-0.39, 0.29) is 5.97 Å². The lowest BCUT2D eigenvalue weighted by Crippen LogP contribution is -2.46. The average molecular weight is 358 g/mol. The highest BCUT2D eigenvalue weighted by Gasteiger charge is 2.23. The van der Waals surface area contributed by atoms with E-state index in [1.54, 1.807) is 6.07 Å². The number of piperazine rings is 1. The lowest BCUT2D eigenvalue weighted by Gasteiger charge is -2.35. The Hall–Kier alpha value is -2.41. The first kappa shape index (κ1) is 18.4. The zero-order valence-electron chi connectivity index (χ0n) is 15.9. The second-order valence-electron chi connectivity index (χ2n) is 6.89. The summed E-state index contributed by atoms with van der Waals surface area (Å²) in [5.41, 5.74) is 1.50. The number of aromatic nitrogens is 2. The second kappa shape index (κ2) is 7.86. The summed E-state index contributed by atoms with van der Waals surface area (Å²) in [6.45, 7) is 10.3. The van der Waals surface area contributed by atoms with Crippen molar-refractivity contribution in [3.05, 3.63) is 41.2 Å². The van der Waals surface area contributed by atoms with Crippen LogP contribution in [0.25, 0.3) is 0 Å². The van der Waals surface area contributed by atoms with E-state index in [0.29, 0.717) is 23.8 Å². The number of esters is 1. The highest BCUT2D eigenvalue weighted by molar-refractivity contribution is 5.90. The average Bonchev–Trinajstić information content (AvgIpc) is 3.09. The van der Waals surface area contributed by atoms with Crippen LogP contribution in [0.15, 0.2) is 22.8 Å². The molecule has 140 valence electrons. The van der Waals surface area contributed by atoms with Crippen LogP contribution >= 0.6 is 0 Å². The summed E-state index contributed by atoms with van der Waals surface area (Å²) in [7, 11) is 1.38. The molecule has 0 radical (unpaired) electrons. The molecule has 1 aliphatic rings. The molecule has 1 aliphatic heterocycles. The Morgan fingerprint density at radius 3 is 2.65 bits per heavy atom. The third-order valence-electron chi connectivity index (χ3n) is 4.59. The molecule has 1 saturated heterocycles. The molecular formula is C19H26N4O3. The van der Waals surface area contributed by atoms with Gasteiger partial charge in [0.2, 0.25) is 0 Å². The number of hydrogen-bond donors (Lipinski definition) is 0. The molecule has 26 heavy (non-hydrogen) atoms. The van der Waals surface area contributed by atoms with E-state index < -0.39 is 0 Å². The number of aryl methyl sites for hydroxylation is 1. The minimum atomic E-state index is -0.356. The highest BCUT2D eigenvalue weighted by Crippen LogP contribution is 2.20. The number of carbonyl (C=O) groups excluding carboxylic acids is 1. The second-order valence-corrected chi connectivity index (χ2v) is 6.89. The molecule has 1 fully saturated rings. The fourth-order valence-electron chi connectivity index (χ4n) is 3.09. The van der Waals surface area contributed by atoms with E-state index in [9.17, 15) is 4.79 Å². The van der Waals surface area contributed by atoms with Crippen molar-refractivity contribution in [1.29, 1.82) is 0 Å². The summed E-state index contributed by atoms with van der Waals surface area (Å²) >= 11 is 0. The number of rotatable bonds is 5. The first-order valence-electron chi connectivity index (χ1n) is 8.95. The Bertz CT molecular complexity index is 764. The maximum Gasteiger partial charge on any atom is 0.341 e. The molecule has 0 amide bonds. The summed E-state index contributed by atoms with van der Waals surface area (Å²) in [6.07, 6.45) is 1.54. The zero-order valence-corrected chi connectivity index (χ0v) is 15.9. The molecule has 3 heterocycles. The lowest BCUT2D eigenvalue weighted by atomic mass is 10.2. The highest BCUT2D eigenvalue weighted by atomic mass is 16.5. The minimum absolute atomic E-state index is 0.311. The van der Waals surface area contributed by atoms with Gasteiger partial charge in [0.15, 0.2) is 0 Å². The number of anilines is 1. The van der Waals surface area contributed by atoms with Gasteiger partial charge in [-0.15, -0.1) is 0 Å². The van der Waals surface area contributed by atoms with E-state index in [0.717, 1.165) is 43.5 Å². The molecule has 7 nitrogen and oxygen atoms in total. The number of hydrogen-bond acceptors (Lipinski definition) is 7. The van der Waals surface area contributed by atoms with Crippen LogP contribution in [0, 0.1) is 6.92 Å². The van der Waals surface area contributed by atoms with Gasteiger partial charge in [0, 0.05) is 43.9 Å². The minimum Gasteiger partial charge on any atom is -0.467 e. The third kappa shape index (κ3) is 4.04. The fourth-order valence-corrected chi connectivity index (χ4v) is 3.09. The van der Waals surface area contributed by atoms with Crippen LogP contribution in [0.2, 0.25) is 0 Å². The predicted molar refractivity (Wildman–Crippen MR) is 98.4 cm³/mol. The van der Waals surface area contributed by atoms with Gasteiger partial charge in [0.1, 0.15) is 23.0 Å². The van der Waals surface area contributed by atoms with Crippen LogP contribution in [0.1, 0.15) is 47.4 Å². The molecule has 0 aromatic carbocycles. The summed E-state index contributed by atoms with van der Waals surface area (Å²) in [6, 6.07) is 3.71. The van der Waals surface area contributed by atoms with Gasteiger partial charge >= 0.3 is 5.97 Å². The molecule has 0 N–H and O–H groups in total. The maximum atomic E-state index is 11.8. The first-order chi connectivity index (χ1) is 12.5. The van der Waals surface area contributed by atoms with Crippen molar-refractivity contribution in [2.24, 2.45) is 0 Å². The summed E-state index contributed by atoms with van der Waals surface area (Å²) < 4.78 is 10.3. The summed E-state index contributed by atoms with van der Waals surface area (Å²) in [5.74, 6) is 2.50. The smallest absolute Gasteiger partial charge is 0.341 e. The van der Waals surface area contributed by atoms with Gasteiger partial charge in [-0.3, -0.25) is 4.90 Å². The first-order valence-corrected chi connectivity index (χ1v) is 8.95. The quantitative estimate of drug-likeness (QED) is 0.761. The molecule has 7 heteroatoms. The molecule has 0 saturated carbocycles. The van der Waals surface area contributed by atoms with E-state index >= 15 is 0 Å². The normalized spacial score (nSPS) is 15.5. The Morgan fingerprint density at radius 1 is 1.27 bits per heavy atom. The number of methoxy groups -OCH3 is 1. The maximum absolute atomic E-state index is 11.8. The number of carbonyl (C=O) groups is 1. The van der Waals surface area contributed by atoms with Gasteiger partial charge in [-0.1, -0.05) is 13.8 Å². The zero-order chi connectivity index (χ0) is 18.7. The van der Waals surface area contributed by atoms with Crippen LogP contribution in [-0.2, 0) is 11.3 Å². The SMILES string of the molecule is COC(=O)c1ccoc1CN1CCN(c2cc(C)nc(C(C)C)n2)CC1. The molecule has 0 atom stereocenters. The van der Waals surface area contributed by atoms with Gasteiger partial charge in [0.05, 0.1) is 19.9 Å². The molecule has 2 aromatic rings. The van der Waals surface area contributed by atoms with E-state index in [1.807, 2.05) is 13.0 Å². The van der Waals surface area contributed by atoms with Crippen molar-refractivity contribution in [3.8, 4) is 0 Å².